The van der Waals surface area contributed by atoms with Crippen LogP contribution in [0.25, 0.3) is 0 Å². The Labute approximate surface area is 170 Å². The summed E-state index contributed by atoms with van der Waals surface area (Å²) in [4.78, 5) is 14.3. The van der Waals surface area contributed by atoms with Gasteiger partial charge in [0.1, 0.15) is 0 Å². The maximum Gasteiger partial charge on any atom is 0.223 e. The molecule has 1 amide bonds. The van der Waals surface area contributed by atoms with Crippen molar-refractivity contribution >= 4 is 5.91 Å². The standard InChI is InChI=1S/C24H49NO2/c1-6-7-8-15-18-23(26)19-16-13-11-9-10-12-14-17-20-24(27)25(21(2)3)22(4)5/h21-23,26H,6-20H2,1-5H3. The Kier molecular flexibility index (Phi) is 17.2. The van der Waals surface area contributed by atoms with Gasteiger partial charge in [-0.25, -0.2) is 0 Å². The average Bonchev–Trinajstić information content (AvgIpc) is 2.59. The van der Waals surface area contributed by atoms with Gasteiger partial charge in [0.2, 0.25) is 5.91 Å². The van der Waals surface area contributed by atoms with Gasteiger partial charge in [-0.15, -0.1) is 0 Å². The largest absolute Gasteiger partial charge is 0.393 e. The Morgan fingerprint density at radius 2 is 1.11 bits per heavy atom. The molecule has 1 unspecified atom stereocenters. The molecule has 0 aromatic rings. The number of carbonyl (C=O) groups is 1. The van der Waals surface area contributed by atoms with Crippen LogP contribution in [0.3, 0.4) is 0 Å². The predicted octanol–water partition coefficient (Wildman–Crippen LogP) is 6.86. The normalized spacial score (nSPS) is 12.7. The van der Waals surface area contributed by atoms with Crippen LogP contribution in [0, 0.1) is 0 Å². The molecule has 1 N–H and O–H groups in total. The summed E-state index contributed by atoms with van der Waals surface area (Å²) in [5.74, 6) is 0.313. The number of hydrogen-bond acceptors (Lipinski definition) is 2. The second-order valence-electron chi connectivity index (χ2n) is 8.86. The predicted molar refractivity (Wildman–Crippen MR) is 118 cm³/mol. The van der Waals surface area contributed by atoms with Gasteiger partial charge in [-0.3, -0.25) is 4.79 Å². The van der Waals surface area contributed by atoms with Gasteiger partial charge in [0.15, 0.2) is 0 Å². The zero-order valence-electron chi connectivity index (χ0n) is 19.1. The summed E-state index contributed by atoms with van der Waals surface area (Å²) in [5, 5.41) is 9.97. The SMILES string of the molecule is CCCCCCC(O)CCCCCCCCCCC(=O)N(C(C)C)C(C)C. The van der Waals surface area contributed by atoms with Crippen molar-refractivity contribution in [2.75, 3.05) is 0 Å². The van der Waals surface area contributed by atoms with Gasteiger partial charge in [0, 0.05) is 18.5 Å². The molecule has 0 aliphatic carbocycles. The summed E-state index contributed by atoms with van der Waals surface area (Å²) in [6.45, 7) is 10.6. The van der Waals surface area contributed by atoms with E-state index >= 15 is 0 Å². The Morgan fingerprint density at radius 1 is 0.704 bits per heavy atom. The van der Waals surface area contributed by atoms with E-state index in [0.29, 0.717) is 24.4 Å². The van der Waals surface area contributed by atoms with E-state index < -0.39 is 0 Å². The second kappa shape index (κ2) is 17.5. The third-order valence-electron chi connectivity index (χ3n) is 5.47. The van der Waals surface area contributed by atoms with Gasteiger partial charge >= 0.3 is 0 Å². The molecule has 0 bridgehead atoms. The average molecular weight is 384 g/mol. The van der Waals surface area contributed by atoms with Gasteiger partial charge in [-0.05, 0) is 47.0 Å². The van der Waals surface area contributed by atoms with Gasteiger partial charge in [-0.2, -0.15) is 0 Å². The highest BCUT2D eigenvalue weighted by molar-refractivity contribution is 5.76. The second-order valence-corrected chi connectivity index (χ2v) is 8.86. The van der Waals surface area contributed by atoms with Crippen LogP contribution in [0.4, 0.5) is 0 Å². The fourth-order valence-electron chi connectivity index (χ4n) is 3.97. The van der Waals surface area contributed by atoms with Crippen LogP contribution < -0.4 is 0 Å². The zero-order chi connectivity index (χ0) is 20.5. The molecule has 0 heterocycles. The third-order valence-corrected chi connectivity index (χ3v) is 5.47. The number of unbranched alkanes of at least 4 members (excludes halogenated alkanes) is 10. The lowest BCUT2D eigenvalue weighted by Gasteiger charge is -2.30. The highest BCUT2D eigenvalue weighted by Crippen LogP contribution is 2.15. The summed E-state index contributed by atoms with van der Waals surface area (Å²) < 4.78 is 0. The Balaban J connectivity index is 3.46. The molecular formula is C24H49NO2. The van der Waals surface area contributed by atoms with Crippen molar-refractivity contribution < 1.29 is 9.90 Å². The van der Waals surface area contributed by atoms with Crippen LogP contribution in [0.1, 0.15) is 131 Å². The smallest absolute Gasteiger partial charge is 0.223 e. The third kappa shape index (κ3) is 15.1. The number of rotatable bonds is 18. The summed E-state index contributed by atoms with van der Waals surface area (Å²) >= 11 is 0. The van der Waals surface area contributed by atoms with Crippen molar-refractivity contribution in [1.82, 2.24) is 4.90 Å². The van der Waals surface area contributed by atoms with Crippen LogP contribution >= 0.6 is 0 Å². The Hall–Kier alpha value is -0.570. The molecule has 162 valence electrons. The Morgan fingerprint density at radius 3 is 1.56 bits per heavy atom. The first kappa shape index (κ1) is 26.4. The minimum absolute atomic E-state index is 0.0735. The minimum atomic E-state index is -0.0735. The molecule has 0 aliphatic heterocycles. The number of aliphatic hydroxyl groups is 1. The molecule has 0 aliphatic rings. The van der Waals surface area contributed by atoms with Gasteiger partial charge in [-0.1, -0.05) is 77.6 Å². The van der Waals surface area contributed by atoms with Crippen molar-refractivity contribution in [2.24, 2.45) is 0 Å². The molecular weight excluding hydrogens is 334 g/mol. The first-order valence-corrected chi connectivity index (χ1v) is 11.9. The lowest BCUT2D eigenvalue weighted by molar-refractivity contribution is -0.134. The van der Waals surface area contributed by atoms with Crippen LogP contribution in [0.5, 0.6) is 0 Å². The summed E-state index contributed by atoms with van der Waals surface area (Å²) in [6, 6.07) is 0.597. The highest BCUT2D eigenvalue weighted by Gasteiger charge is 2.18. The van der Waals surface area contributed by atoms with Gasteiger partial charge in [0.25, 0.3) is 0 Å². The molecule has 0 spiro atoms. The van der Waals surface area contributed by atoms with E-state index in [0.717, 1.165) is 19.3 Å². The first-order chi connectivity index (χ1) is 12.9. The summed E-state index contributed by atoms with van der Waals surface area (Å²) in [5.41, 5.74) is 0. The summed E-state index contributed by atoms with van der Waals surface area (Å²) in [6.07, 6.45) is 17.4. The number of hydrogen-bond donors (Lipinski definition) is 1. The van der Waals surface area contributed by atoms with E-state index in [1.54, 1.807) is 0 Å². The topological polar surface area (TPSA) is 40.5 Å². The van der Waals surface area contributed by atoms with Crippen molar-refractivity contribution in [3.63, 3.8) is 0 Å². The molecule has 0 aromatic heterocycles. The van der Waals surface area contributed by atoms with E-state index in [1.807, 2.05) is 4.90 Å². The maximum absolute atomic E-state index is 12.3. The molecule has 0 fully saturated rings. The van der Waals surface area contributed by atoms with Crippen LogP contribution in [0.2, 0.25) is 0 Å². The quantitative estimate of drug-likeness (QED) is 0.262. The van der Waals surface area contributed by atoms with E-state index in [2.05, 4.69) is 34.6 Å². The van der Waals surface area contributed by atoms with Crippen molar-refractivity contribution in [3.05, 3.63) is 0 Å². The van der Waals surface area contributed by atoms with Crippen LogP contribution in [0.15, 0.2) is 0 Å². The molecule has 1 atom stereocenters. The first-order valence-electron chi connectivity index (χ1n) is 11.9. The van der Waals surface area contributed by atoms with Crippen molar-refractivity contribution in [3.8, 4) is 0 Å². The van der Waals surface area contributed by atoms with Crippen LogP contribution in [-0.2, 0) is 4.79 Å². The highest BCUT2D eigenvalue weighted by atomic mass is 16.3. The van der Waals surface area contributed by atoms with E-state index in [1.165, 1.54) is 70.6 Å². The van der Waals surface area contributed by atoms with E-state index in [-0.39, 0.29) is 6.10 Å². The lowest BCUT2D eigenvalue weighted by atomic mass is 10.0. The molecule has 0 saturated heterocycles. The van der Waals surface area contributed by atoms with Crippen molar-refractivity contribution in [2.45, 2.75) is 149 Å². The number of aliphatic hydroxyl groups excluding tert-OH is 1. The van der Waals surface area contributed by atoms with Crippen molar-refractivity contribution in [1.29, 1.82) is 0 Å². The zero-order valence-corrected chi connectivity index (χ0v) is 19.1. The molecule has 0 aromatic carbocycles. The van der Waals surface area contributed by atoms with Gasteiger partial charge in [0.05, 0.1) is 6.10 Å². The molecule has 3 nitrogen and oxygen atoms in total. The molecule has 0 rings (SSSR count). The summed E-state index contributed by atoms with van der Waals surface area (Å²) in [7, 11) is 0. The lowest BCUT2D eigenvalue weighted by Crippen LogP contribution is -2.41. The van der Waals surface area contributed by atoms with E-state index in [4.69, 9.17) is 0 Å². The minimum Gasteiger partial charge on any atom is -0.393 e. The van der Waals surface area contributed by atoms with Crippen LogP contribution in [-0.4, -0.2) is 34.1 Å². The monoisotopic (exact) mass is 383 g/mol. The fourth-order valence-corrected chi connectivity index (χ4v) is 3.97. The number of nitrogens with zero attached hydrogens (tertiary/aromatic N) is 1. The molecule has 27 heavy (non-hydrogen) atoms. The Bertz CT molecular complexity index is 333. The fraction of sp³-hybridized carbons (Fsp3) is 0.958. The molecule has 3 heteroatoms. The maximum atomic E-state index is 12.3. The molecule has 0 saturated carbocycles. The molecule has 0 radical (unpaired) electrons. The number of amides is 1. The van der Waals surface area contributed by atoms with E-state index in [9.17, 15) is 9.90 Å². The number of carbonyl (C=O) groups excluding carboxylic acids is 1. The van der Waals surface area contributed by atoms with Gasteiger partial charge < -0.3 is 10.0 Å².